The van der Waals surface area contributed by atoms with Crippen LogP contribution in [0.3, 0.4) is 0 Å². The summed E-state index contributed by atoms with van der Waals surface area (Å²) in [6, 6.07) is 21.5. The van der Waals surface area contributed by atoms with Crippen LogP contribution >= 0.6 is 0 Å². The number of hydrogen-bond donors (Lipinski definition) is 1. The van der Waals surface area contributed by atoms with Gasteiger partial charge in [-0.1, -0.05) is 30.3 Å². The van der Waals surface area contributed by atoms with E-state index in [1.54, 1.807) is 0 Å². The van der Waals surface area contributed by atoms with E-state index in [0.717, 1.165) is 47.8 Å². The molecule has 6 rings (SSSR count). The first kappa shape index (κ1) is 20.7. The molecule has 1 N–H and O–H groups in total. The Bertz CT molecular complexity index is 1280. The van der Waals surface area contributed by atoms with Crippen LogP contribution < -0.4 is 10.1 Å². The number of ether oxygens (including phenoxy) is 2. The zero-order chi connectivity index (χ0) is 22.9. The van der Waals surface area contributed by atoms with E-state index in [0.29, 0.717) is 18.7 Å². The predicted molar refractivity (Wildman–Crippen MR) is 129 cm³/mol. The maximum Gasteiger partial charge on any atom is 0.257 e. The summed E-state index contributed by atoms with van der Waals surface area (Å²) in [5.74, 6) is 0.788. The largest absolute Gasteiger partial charge is 0.487 e. The Morgan fingerprint density at radius 1 is 1.06 bits per heavy atom. The maximum atomic E-state index is 13.4. The third-order valence-electron chi connectivity index (χ3n) is 6.44. The van der Waals surface area contributed by atoms with Gasteiger partial charge in [-0.25, -0.2) is 4.98 Å². The first-order chi connectivity index (χ1) is 16.7. The lowest BCUT2D eigenvalue weighted by Crippen LogP contribution is -2.46. The standard InChI is InChI=1S/C27H26N4O3/c32-27-23-7-1-2-8-24(23)29-26(31(27)17-22-6-5-15-33-22)19-10-12-21(13-11-19)34-18-20-16-30-14-4-3-9-25(30)28-20/h1-4,7-14,16,22,26,29H,5-6,15,17-18H2/t22-,26-/m1/s1. The second kappa shape index (κ2) is 8.83. The Hall–Kier alpha value is -3.84. The van der Waals surface area contributed by atoms with E-state index in [1.807, 2.05) is 88.4 Å². The van der Waals surface area contributed by atoms with Crippen molar-refractivity contribution in [1.82, 2.24) is 14.3 Å². The van der Waals surface area contributed by atoms with Crippen molar-refractivity contribution in [2.75, 3.05) is 18.5 Å². The van der Waals surface area contributed by atoms with Gasteiger partial charge in [0.15, 0.2) is 0 Å². The van der Waals surface area contributed by atoms with E-state index in [-0.39, 0.29) is 18.2 Å². The van der Waals surface area contributed by atoms with Gasteiger partial charge < -0.3 is 24.1 Å². The number of rotatable bonds is 6. The minimum Gasteiger partial charge on any atom is -0.487 e. The normalized spacial score (nSPS) is 19.8. The number of aromatic nitrogens is 2. The highest BCUT2D eigenvalue weighted by Gasteiger charge is 2.35. The topological polar surface area (TPSA) is 68.1 Å². The van der Waals surface area contributed by atoms with Gasteiger partial charge in [0.25, 0.3) is 5.91 Å². The van der Waals surface area contributed by atoms with Gasteiger partial charge >= 0.3 is 0 Å². The number of para-hydroxylation sites is 1. The summed E-state index contributed by atoms with van der Waals surface area (Å²) in [5, 5.41) is 3.56. The summed E-state index contributed by atoms with van der Waals surface area (Å²) in [5.41, 5.74) is 4.32. The number of nitrogens with zero attached hydrogens (tertiary/aromatic N) is 3. The molecule has 34 heavy (non-hydrogen) atoms. The average Bonchev–Trinajstić information content (AvgIpc) is 3.54. The van der Waals surface area contributed by atoms with E-state index >= 15 is 0 Å². The van der Waals surface area contributed by atoms with Crippen LogP contribution in [0, 0.1) is 0 Å². The molecule has 0 spiro atoms. The molecule has 2 atom stereocenters. The van der Waals surface area contributed by atoms with E-state index in [9.17, 15) is 4.79 Å². The van der Waals surface area contributed by atoms with Crippen molar-refractivity contribution in [2.45, 2.75) is 31.7 Å². The fourth-order valence-corrected chi connectivity index (χ4v) is 4.71. The maximum absolute atomic E-state index is 13.4. The monoisotopic (exact) mass is 454 g/mol. The van der Waals surface area contributed by atoms with Crippen LogP contribution in [0.5, 0.6) is 5.75 Å². The highest BCUT2D eigenvalue weighted by Crippen LogP contribution is 2.34. The van der Waals surface area contributed by atoms with E-state index < -0.39 is 0 Å². The predicted octanol–water partition coefficient (Wildman–Crippen LogP) is 4.66. The molecule has 2 aromatic carbocycles. The lowest BCUT2D eigenvalue weighted by molar-refractivity contribution is 0.0427. The minimum absolute atomic E-state index is 0.0297. The van der Waals surface area contributed by atoms with Gasteiger partial charge in [0.1, 0.15) is 24.2 Å². The summed E-state index contributed by atoms with van der Waals surface area (Å²) in [4.78, 5) is 19.9. The summed E-state index contributed by atoms with van der Waals surface area (Å²) in [7, 11) is 0. The van der Waals surface area contributed by atoms with Crippen molar-refractivity contribution in [3.05, 3.63) is 95.9 Å². The molecule has 0 aliphatic carbocycles. The molecule has 0 bridgehead atoms. The van der Waals surface area contributed by atoms with Gasteiger partial charge in [-0.15, -0.1) is 0 Å². The fourth-order valence-electron chi connectivity index (χ4n) is 4.71. The Morgan fingerprint density at radius 2 is 1.91 bits per heavy atom. The van der Waals surface area contributed by atoms with Crippen LogP contribution in [0.1, 0.15) is 40.6 Å². The Kier molecular flexibility index (Phi) is 5.39. The number of benzene rings is 2. The number of carbonyl (C=O) groups is 1. The number of carbonyl (C=O) groups excluding carboxylic acids is 1. The molecular formula is C27H26N4O3. The van der Waals surface area contributed by atoms with Gasteiger partial charge in [0.05, 0.1) is 17.4 Å². The molecular weight excluding hydrogens is 428 g/mol. The molecule has 0 radical (unpaired) electrons. The van der Waals surface area contributed by atoms with Gasteiger partial charge in [-0.2, -0.15) is 0 Å². The smallest absolute Gasteiger partial charge is 0.257 e. The molecule has 0 unspecified atom stereocenters. The van der Waals surface area contributed by atoms with Crippen LogP contribution in [0.2, 0.25) is 0 Å². The van der Waals surface area contributed by atoms with Crippen molar-refractivity contribution in [3.8, 4) is 5.75 Å². The van der Waals surface area contributed by atoms with Crippen LogP contribution in [0.4, 0.5) is 5.69 Å². The molecule has 172 valence electrons. The molecule has 4 heterocycles. The highest BCUT2D eigenvalue weighted by molar-refractivity contribution is 6.01. The number of hydrogen-bond acceptors (Lipinski definition) is 5. The Labute approximate surface area is 197 Å². The van der Waals surface area contributed by atoms with Crippen LogP contribution in [-0.2, 0) is 11.3 Å². The first-order valence-corrected chi connectivity index (χ1v) is 11.7. The Balaban J connectivity index is 1.21. The van der Waals surface area contributed by atoms with Crippen molar-refractivity contribution in [1.29, 1.82) is 0 Å². The summed E-state index contributed by atoms with van der Waals surface area (Å²) in [6.07, 6.45) is 5.78. The molecule has 1 fully saturated rings. The minimum atomic E-state index is -0.265. The number of anilines is 1. The SMILES string of the molecule is O=C1c2ccccc2N[C@@H](c2ccc(OCc3cn4ccccc4n3)cc2)N1C[C@H]1CCCO1. The molecule has 2 aliphatic heterocycles. The highest BCUT2D eigenvalue weighted by atomic mass is 16.5. The molecule has 2 aromatic heterocycles. The number of imidazole rings is 1. The molecule has 4 aromatic rings. The van der Waals surface area contributed by atoms with Crippen LogP contribution in [0.25, 0.3) is 5.65 Å². The summed E-state index contributed by atoms with van der Waals surface area (Å²) >= 11 is 0. The zero-order valence-corrected chi connectivity index (χ0v) is 18.8. The number of pyridine rings is 1. The number of amides is 1. The van der Waals surface area contributed by atoms with Crippen molar-refractivity contribution < 1.29 is 14.3 Å². The fraction of sp³-hybridized carbons (Fsp3) is 0.259. The van der Waals surface area contributed by atoms with E-state index in [2.05, 4.69) is 10.3 Å². The van der Waals surface area contributed by atoms with Gasteiger partial charge in [-0.3, -0.25) is 4.79 Å². The lowest BCUT2D eigenvalue weighted by atomic mass is 10.0. The van der Waals surface area contributed by atoms with Crippen molar-refractivity contribution in [2.24, 2.45) is 0 Å². The third kappa shape index (κ3) is 3.99. The first-order valence-electron chi connectivity index (χ1n) is 11.7. The quantitative estimate of drug-likeness (QED) is 0.459. The third-order valence-corrected chi connectivity index (χ3v) is 6.44. The van der Waals surface area contributed by atoms with Gasteiger partial charge in [-0.05, 0) is 54.8 Å². The van der Waals surface area contributed by atoms with Crippen molar-refractivity contribution in [3.63, 3.8) is 0 Å². The Morgan fingerprint density at radius 3 is 2.74 bits per heavy atom. The summed E-state index contributed by atoms with van der Waals surface area (Å²) < 4.78 is 13.8. The second-order valence-electron chi connectivity index (χ2n) is 8.74. The molecule has 0 saturated carbocycles. The van der Waals surface area contributed by atoms with E-state index in [1.165, 1.54) is 0 Å². The molecule has 1 amide bonds. The van der Waals surface area contributed by atoms with Gasteiger partial charge in [0, 0.05) is 31.2 Å². The number of fused-ring (bicyclic) bond motifs is 2. The van der Waals surface area contributed by atoms with Gasteiger partial charge in [0.2, 0.25) is 0 Å². The van der Waals surface area contributed by atoms with Crippen LogP contribution in [-0.4, -0.2) is 39.4 Å². The second-order valence-corrected chi connectivity index (χ2v) is 8.74. The zero-order valence-electron chi connectivity index (χ0n) is 18.8. The lowest BCUT2D eigenvalue weighted by Gasteiger charge is -2.39. The number of nitrogens with one attached hydrogen (secondary N) is 1. The van der Waals surface area contributed by atoms with E-state index in [4.69, 9.17) is 9.47 Å². The molecule has 1 saturated heterocycles. The molecule has 7 heteroatoms. The molecule has 7 nitrogen and oxygen atoms in total. The average molecular weight is 455 g/mol. The van der Waals surface area contributed by atoms with Crippen molar-refractivity contribution >= 4 is 17.2 Å². The molecule has 2 aliphatic rings. The summed E-state index contributed by atoms with van der Waals surface area (Å²) in [6.45, 7) is 1.72. The van der Waals surface area contributed by atoms with Crippen LogP contribution in [0.15, 0.2) is 79.1 Å².